The van der Waals surface area contributed by atoms with E-state index in [0.717, 1.165) is 22.9 Å². The normalized spacial score (nSPS) is 17.5. The fourth-order valence-corrected chi connectivity index (χ4v) is 6.65. The van der Waals surface area contributed by atoms with Gasteiger partial charge in [0.1, 0.15) is 5.75 Å². The molecule has 2 fully saturated rings. The van der Waals surface area contributed by atoms with Crippen molar-refractivity contribution < 1.29 is 22.5 Å². The van der Waals surface area contributed by atoms with Gasteiger partial charge < -0.3 is 14.6 Å². The molecule has 0 bridgehead atoms. The highest BCUT2D eigenvalue weighted by atomic mass is 79.9. The van der Waals surface area contributed by atoms with E-state index in [0.29, 0.717) is 68.7 Å². The number of carbonyl (C=O) groups is 1. The number of rotatable bonds is 8. The predicted molar refractivity (Wildman–Crippen MR) is 145 cm³/mol. The molecule has 1 amide bonds. The van der Waals surface area contributed by atoms with Gasteiger partial charge in [-0.25, -0.2) is 8.42 Å². The number of aromatic nitrogens is 2. The SMILES string of the molecule is COc1ccc(S(=O)(=O)N2CCCC2)cc1NC(=O)C1CCN(Cc2nc(-c3ccc(Br)cc3)no2)CC1. The molecule has 2 saturated heterocycles. The van der Waals surface area contributed by atoms with E-state index in [-0.39, 0.29) is 16.7 Å². The second kappa shape index (κ2) is 11.5. The van der Waals surface area contributed by atoms with Crippen LogP contribution in [0, 0.1) is 5.92 Å². The lowest BCUT2D eigenvalue weighted by atomic mass is 9.96. The fourth-order valence-electron chi connectivity index (χ4n) is 4.84. The van der Waals surface area contributed by atoms with Crippen molar-refractivity contribution in [3.05, 3.63) is 52.8 Å². The fraction of sp³-hybridized carbons (Fsp3) is 0.423. The Bertz CT molecular complexity index is 1380. The number of sulfonamides is 1. The molecule has 0 unspecified atom stereocenters. The number of methoxy groups -OCH3 is 1. The number of likely N-dealkylation sites (tertiary alicyclic amines) is 1. The quantitative estimate of drug-likeness (QED) is 0.408. The summed E-state index contributed by atoms with van der Waals surface area (Å²) in [5.74, 6) is 1.16. The molecular weight excluding hydrogens is 574 g/mol. The number of benzene rings is 2. The number of anilines is 1. The third-order valence-electron chi connectivity index (χ3n) is 7.02. The van der Waals surface area contributed by atoms with Crippen LogP contribution in [0.15, 0.2) is 56.4 Å². The molecule has 5 rings (SSSR count). The molecule has 202 valence electrons. The van der Waals surface area contributed by atoms with Crippen molar-refractivity contribution in [3.63, 3.8) is 0 Å². The van der Waals surface area contributed by atoms with Gasteiger partial charge in [0.2, 0.25) is 27.6 Å². The summed E-state index contributed by atoms with van der Waals surface area (Å²) < 4.78 is 39.3. The van der Waals surface area contributed by atoms with Crippen LogP contribution >= 0.6 is 15.9 Å². The number of piperidine rings is 1. The number of nitrogens with zero attached hydrogens (tertiary/aromatic N) is 4. The minimum absolute atomic E-state index is 0.144. The minimum Gasteiger partial charge on any atom is -0.495 e. The Balaban J connectivity index is 1.18. The maximum Gasteiger partial charge on any atom is 0.243 e. The summed E-state index contributed by atoms with van der Waals surface area (Å²) in [5, 5.41) is 7.00. The van der Waals surface area contributed by atoms with Gasteiger partial charge in [0.05, 0.1) is 24.2 Å². The number of halogens is 1. The first kappa shape index (κ1) is 26.8. The van der Waals surface area contributed by atoms with Crippen LogP contribution < -0.4 is 10.1 Å². The maximum atomic E-state index is 13.1. The average molecular weight is 605 g/mol. The highest BCUT2D eigenvalue weighted by Gasteiger charge is 2.30. The van der Waals surface area contributed by atoms with Gasteiger partial charge >= 0.3 is 0 Å². The number of ether oxygens (including phenoxy) is 1. The molecule has 10 nitrogen and oxygen atoms in total. The molecule has 1 N–H and O–H groups in total. The van der Waals surface area contributed by atoms with E-state index in [1.165, 1.54) is 23.5 Å². The molecule has 2 aromatic carbocycles. The van der Waals surface area contributed by atoms with Gasteiger partial charge in [-0.05, 0) is 81.2 Å². The Morgan fingerprint density at radius 3 is 2.50 bits per heavy atom. The van der Waals surface area contributed by atoms with Crippen molar-refractivity contribution in [2.45, 2.75) is 37.1 Å². The highest BCUT2D eigenvalue weighted by molar-refractivity contribution is 9.10. The molecule has 1 aromatic heterocycles. The Hall–Kier alpha value is -2.80. The Morgan fingerprint density at radius 2 is 1.82 bits per heavy atom. The molecule has 38 heavy (non-hydrogen) atoms. The van der Waals surface area contributed by atoms with Gasteiger partial charge in [-0.1, -0.05) is 21.1 Å². The van der Waals surface area contributed by atoms with E-state index in [1.807, 2.05) is 24.3 Å². The number of carbonyl (C=O) groups excluding carboxylic acids is 1. The zero-order chi connectivity index (χ0) is 26.7. The number of amides is 1. The van der Waals surface area contributed by atoms with E-state index in [2.05, 4.69) is 36.3 Å². The number of nitrogens with one attached hydrogen (secondary N) is 1. The number of hydrogen-bond donors (Lipinski definition) is 1. The summed E-state index contributed by atoms with van der Waals surface area (Å²) in [6.45, 7) is 2.96. The third kappa shape index (κ3) is 5.93. The van der Waals surface area contributed by atoms with Crippen molar-refractivity contribution in [1.82, 2.24) is 19.3 Å². The summed E-state index contributed by atoms with van der Waals surface area (Å²) in [6.07, 6.45) is 3.04. The highest BCUT2D eigenvalue weighted by Crippen LogP contribution is 2.31. The number of hydrogen-bond acceptors (Lipinski definition) is 8. The van der Waals surface area contributed by atoms with Gasteiger partial charge in [0.15, 0.2) is 0 Å². The second-order valence-electron chi connectivity index (χ2n) is 9.53. The molecule has 2 aliphatic heterocycles. The molecule has 12 heteroatoms. The smallest absolute Gasteiger partial charge is 0.243 e. The monoisotopic (exact) mass is 603 g/mol. The zero-order valence-electron chi connectivity index (χ0n) is 21.1. The molecule has 2 aliphatic rings. The molecular formula is C26H30BrN5O5S. The molecule has 0 radical (unpaired) electrons. The summed E-state index contributed by atoms with van der Waals surface area (Å²) in [7, 11) is -2.11. The van der Waals surface area contributed by atoms with E-state index < -0.39 is 10.0 Å². The first-order valence-corrected chi connectivity index (χ1v) is 14.9. The first-order valence-electron chi connectivity index (χ1n) is 12.6. The topological polar surface area (TPSA) is 118 Å². The molecule has 3 heterocycles. The lowest BCUT2D eigenvalue weighted by Gasteiger charge is -2.30. The van der Waals surface area contributed by atoms with Gasteiger partial charge in [0, 0.05) is 29.0 Å². The van der Waals surface area contributed by atoms with Crippen LogP contribution in [0.25, 0.3) is 11.4 Å². The zero-order valence-corrected chi connectivity index (χ0v) is 23.5. The van der Waals surface area contributed by atoms with Crippen molar-refractivity contribution in [2.24, 2.45) is 5.92 Å². The van der Waals surface area contributed by atoms with Crippen molar-refractivity contribution >= 4 is 37.5 Å². The summed E-state index contributed by atoms with van der Waals surface area (Å²) in [6, 6.07) is 12.3. The van der Waals surface area contributed by atoms with Gasteiger partial charge in [-0.15, -0.1) is 0 Å². The van der Waals surface area contributed by atoms with Crippen molar-refractivity contribution in [2.75, 3.05) is 38.6 Å². The predicted octanol–water partition coefficient (Wildman–Crippen LogP) is 4.14. The molecule has 3 aromatic rings. The van der Waals surface area contributed by atoms with Gasteiger partial charge in [-0.3, -0.25) is 9.69 Å². The van der Waals surface area contributed by atoms with Crippen LogP contribution in [0.1, 0.15) is 31.6 Å². The van der Waals surface area contributed by atoms with Gasteiger partial charge in [-0.2, -0.15) is 9.29 Å². The second-order valence-corrected chi connectivity index (χ2v) is 12.4. The largest absolute Gasteiger partial charge is 0.495 e. The summed E-state index contributed by atoms with van der Waals surface area (Å²) in [5.41, 5.74) is 1.25. The Kier molecular flexibility index (Phi) is 8.12. The maximum absolute atomic E-state index is 13.1. The lowest BCUT2D eigenvalue weighted by Crippen LogP contribution is -2.37. The molecule has 0 spiro atoms. The molecule has 0 atom stereocenters. The van der Waals surface area contributed by atoms with Crippen LogP contribution in [0.2, 0.25) is 0 Å². The lowest BCUT2D eigenvalue weighted by molar-refractivity contribution is -0.121. The Morgan fingerprint density at radius 1 is 1.11 bits per heavy atom. The third-order valence-corrected chi connectivity index (χ3v) is 9.44. The van der Waals surface area contributed by atoms with Gasteiger partial charge in [0.25, 0.3) is 0 Å². The summed E-state index contributed by atoms with van der Waals surface area (Å²) >= 11 is 3.42. The van der Waals surface area contributed by atoms with Crippen LogP contribution in [-0.2, 0) is 21.4 Å². The minimum atomic E-state index is -3.60. The van der Waals surface area contributed by atoms with Crippen LogP contribution in [0.4, 0.5) is 5.69 Å². The average Bonchev–Trinajstić information content (AvgIpc) is 3.63. The first-order chi connectivity index (χ1) is 18.3. The van der Waals surface area contributed by atoms with E-state index in [4.69, 9.17) is 9.26 Å². The molecule has 0 aliphatic carbocycles. The van der Waals surface area contributed by atoms with Crippen molar-refractivity contribution in [3.8, 4) is 17.1 Å². The van der Waals surface area contributed by atoms with E-state index >= 15 is 0 Å². The standard InChI is InChI=1S/C26H30BrN5O5S/c1-36-23-9-8-21(38(34,35)32-12-2-3-13-32)16-22(23)28-26(33)19-10-14-31(15-11-19)17-24-29-25(30-37-24)18-4-6-20(27)7-5-18/h4-9,16,19H,2-3,10-15,17H2,1H3,(H,28,33). The summed E-state index contributed by atoms with van der Waals surface area (Å²) in [4.78, 5) is 20.0. The van der Waals surface area contributed by atoms with E-state index in [1.54, 1.807) is 6.07 Å². The van der Waals surface area contributed by atoms with E-state index in [9.17, 15) is 13.2 Å². The van der Waals surface area contributed by atoms with Crippen LogP contribution in [-0.4, -0.2) is 67.0 Å². The van der Waals surface area contributed by atoms with Crippen LogP contribution in [0.3, 0.4) is 0 Å². The van der Waals surface area contributed by atoms with Crippen molar-refractivity contribution in [1.29, 1.82) is 0 Å². The van der Waals surface area contributed by atoms with Crippen LogP contribution in [0.5, 0.6) is 5.75 Å². The Labute approximate surface area is 230 Å². The molecule has 0 saturated carbocycles.